The molecule has 0 unspecified atom stereocenters. The normalized spacial score (nSPS) is 10.8. The predicted molar refractivity (Wildman–Crippen MR) is 95.8 cm³/mol. The third-order valence-corrected chi connectivity index (χ3v) is 3.84. The minimum Gasteiger partial charge on any atom is -0.348 e. The molecule has 0 radical (unpaired) electrons. The molecule has 0 saturated carbocycles. The average Bonchev–Trinajstić information content (AvgIpc) is 2.58. The van der Waals surface area contributed by atoms with Gasteiger partial charge in [0.1, 0.15) is 0 Å². The summed E-state index contributed by atoms with van der Waals surface area (Å²) in [6, 6.07) is 10.8. The van der Waals surface area contributed by atoms with Crippen LogP contribution in [0.15, 0.2) is 36.5 Å². The molecule has 5 heteroatoms. The lowest BCUT2D eigenvalue weighted by Gasteiger charge is -2.28. The number of anilines is 2. The maximum Gasteiger partial charge on any atom is 0.247 e. The van der Waals surface area contributed by atoms with Crippen LogP contribution in [0.3, 0.4) is 0 Å². The monoisotopic (exact) mass is 313 g/mol. The molecule has 2 aromatic rings. The zero-order chi connectivity index (χ0) is 16.7. The summed E-state index contributed by atoms with van der Waals surface area (Å²) < 4.78 is 0. The second kappa shape index (κ2) is 8.46. The minimum absolute atomic E-state index is 0.334. The summed E-state index contributed by atoms with van der Waals surface area (Å²) in [5.74, 6) is 1.56. The highest BCUT2D eigenvalue weighted by Crippen LogP contribution is 2.18. The van der Waals surface area contributed by atoms with Crippen molar-refractivity contribution in [2.75, 3.05) is 23.4 Å². The van der Waals surface area contributed by atoms with Crippen molar-refractivity contribution in [1.29, 1.82) is 0 Å². The summed E-state index contributed by atoms with van der Waals surface area (Å²) >= 11 is 0. The summed E-state index contributed by atoms with van der Waals surface area (Å²) in [5.41, 5.74) is 1.26. The number of aromatic nitrogens is 3. The molecule has 0 aliphatic heterocycles. The van der Waals surface area contributed by atoms with E-state index in [1.807, 2.05) is 13.1 Å². The summed E-state index contributed by atoms with van der Waals surface area (Å²) in [6.07, 6.45) is 4.03. The van der Waals surface area contributed by atoms with Gasteiger partial charge in [-0.05, 0) is 25.8 Å². The summed E-state index contributed by atoms with van der Waals surface area (Å²) in [7, 11) is 2.02. The molecule has 2 rings (SSSR count). The van der Waals surface area contributed by atoms with E-state index in [0.29, 0.717) is 12.0 Å². The molecule has 1 aromatic carbocycles. The molecule has 124 valence electrons. The van der Waals surface area contributed by atoms with Crippen LogP contribution in [0.25, 0.3) is 0 Å². The molecule has 0 aliphatic carbocycles. The van der Waals surface area contributed by atoms with Crippen LogP contribution < -0.4 is 9.80 Å². The van der Waals surface area contributed by atoms with Gasteiger partial charge in [-0.2, -0.15) is 10.1 Å². The van der Waals surface area contributed by atoms with Gasteiger partial charge in [0.25, 0.3) is 0 Å². The molecule has 0 N–H and O–H groups in total. The highest BCUT2D eigenvalue weighted by molar-refractivity contribution is 5.43. The molecule has 0 saturated heterocycles. The van der Waals surface area contributed by atoms with Crippen LogP contribution in [-0.4, -0.2) is 34.8 Å². The van der Waals surface area contributed by atoms with E-state index < -0.39 is 0 Å². The van der Waals surface area contributed by atoms with Crippen molar-refractivity contribution >= 4 is 11.8 Å². The van der Waals surface area contributed by atoms with Crippen molar-refractivity contribution < 1.29 is 0 Å². The van der Waals surface area contributed by atoms with E-state index in [2.05, 4.69) is 65.0 Å². The van der Waals surface area contributed by atoms with Gasteiger partial charge >= 0.3 is 0 Å². The Hall–Kier alpha value is -2.17. The standard InChI is InChI=1S/C18H27N5/c1-5-6-12-22(4)18-20-17(13-19-21-18)23(15(2)3)14-16-10-8-7-9-11-16/h7-11,13,15H,5-6,12,14H2,1-4H3. The maximum atomic E-state index is 4.72. The fourth-order valence-corrected chi connectivity index (χ4v) is 2.39. The molecule has 1 heterocycles. The summed E-state index contributed by atoms with van der Waals surface area (Å²) in [6.45, 7) is 8.29. The number of unbranched alkanes of at least 4 members (excludes halogenated alkanes) is 1. The van der Waals surface area contributed by atoms with Crippen molar-refractivity contribution in [2.45, 2.75) is 46.2 Å². The summed E-state index contributed by atoms with van der Waals surface area (Å²) in [5, 5.41) is 8.34. The number of nitrogens with zero attached hydrogens (tertiary/aromatic N) is 5. The third kappa shape index (κ3) is 4.91. The molecule has 0 aliphatic rings. The number of rotatable bonds is 8. The molecular weight excluding hydrogens is 286 g/mol. The topological polar surface area (TPSA) is 45.2 Å². The largest absolute Gasteiger partial charge is 0.348 e. The van der Waals surface area contributed by atoms with E-state index in [1.165, 1.54) is 5.56 Å². The first-order chi connectivity index (χ1) is 11.1. The zero-order valence-electron chi connectivity index (χ0n) is 14.6. The Morgan fingerprint density at radius 2 is 1.87 bits per heavy atom. The van der Waals surface area contributed by atoms with E-state index in [4.69, 9.17) is 4.98 Å². The smallest absolute Gasteiger partial charge is 0.247 e. The fourth-order valence-electron chi connectivity index (χ4n) is 2.39. The van der Waals surface area contributed by atoms with Gasteiger partial charge in [0.15, 0.2) is 5.82 Å². The van der Waals surface area contributed by atoms with Gasteiger partial charge in [-0.1, -0.05) is 43.7 Å². The highest BCUT2D eigenvalue weighted by atomic mass is 15.3. The van der Waals surface area contributed by atoms with E-state index in [0.717, 1.165) is 31.7 Å². The first-order valence-electron chi connectivity index (χ1n) is 8.33. The van der Waals surface area contributed by atoms with Crippen LogP contribution in [0.4, 0.5) is 11.8 Å². The lowest BCUT2D eigenvalue weighted by molar-refractivity contribution is 0.662. The molecule has 0 atom stereocenters. The second-order valence-corrected chi connectivity index (χ2v) is 6.10. The molecule has 0 spiro atoms. The van der Waals surface area contributed by atoms with Gasteiger partial charge in [0.2, 0.25) is 5.95 Å². The molecule has 0 fully saturated rings. The molecule has 23 heavy (non-hydrogen) atoms. The van der Waals surface area contributed by atoms with Crippen molar-refractivity contribution in [3.8, 4) is 0 Å². The first-order valence-corrected chi connectivity index (χ1v) is 8.33. The highest BCUT2D eigenvalue weighted by Gasteiger charge is 2.15. The van der Waals surface area contributed by atoms with E-state index in [1.54, 1.807) is 6.20 Å². The van der Waals surface area contributed by atoms with Crippen molar-refractivity contribution in [3.05, 3.63) is 42.1 Å². The van der Waals surface area contributed by atoms with E-state index in [9.17, 15) is 0 Å². The number of hydrogen-bond acceptors (Lipinski definition) is 5. The Bertz CT molecular complexity index is 585. The second-order valence-electron chi connectivity index (χ2n) is 6.10. The average molecular weight is 313 g/mol. The third-order valence-electron chi connectivity index (χ3n) is 3.84. The van der Waals surface area contributed by atoms with E-state index in [-0.39, 0.29) is 0 Å². The van der Waals surface area contributed by atoms with Gasteiger partial charge in [0.05, 0.1) is 6.20 Å². The Balaban J connectivity index is 2.19. The Kier molecular flexibility index (Phi) is 6.32. The Morgan fingerprint density at radius 3 is 2.52 bits per heavy atom. The van der Waals surface area contributed by atoms with Crippen LogP contribution in [0, 0.1) is 0 Å². The van der Waals surface area contributed by atoms with E-state index >= 15 is 0 Å². The fraction of sp³-hybridized carbons (Fsp3) is 0.500. The minimum atomic E-state index is 0.334. The molecule has 5 nitrogen and oxygen atoms in total. The Labute approximate surface area is 139 Å². The number of hydrogen-bond donors (Lipinski definition) is 0. The quantitative estimate of drug-likeness (QED) is 0.746. The molecular formula is C18H27N5. The van der Waals surface area contributed by atoms with Gasteiger partial charge in [-0.25, -0.2) is 0 Å². The van der Waals surface area contributed by atoms with Crippen molar-refractivity contribution in [1.82, 2.24) is 15.2 Å². The van der Waals surface area contributed by atoms with Gasteiger partial charge < -0.3 is 9.80 Å². The van der Waals surface area contributed by atoms with Crippen LogP contribution in [0.5, 0.6) is 0 Å². The lowest BCUT2D eigenvalue weighted by Crippen LogP contribution is -2.32. The summed E-state index contributed by atoms with van der Waals surface area (Å²) in [4.78, 5) is 9.04. The first kappa shape index (κ1) is 17.2. The van der Waals surface area contributed by atoms with Crippen LogP contribution in [-0.2, 0) is 6.54 Å². The van der Waals surface area contributed by atoms with Crippen LogP contribution in [0.1, 0.15) is 39.2 Å². The molecule has 0 bridgehead atoms. The molecule has 1 aromatic heterocycles. The maximum absolute atomic E-state index is 4.72. The van der Waals surface area contributed by atoms with Crippen molar-refractivity contribution in [2.24, 2.45) is 0 Å². The van der Waals surface area contributed by atoms with Gasteiger partial charge in [0, 0.05) is 26.2 Å². The number of benzene rings is 1. The Morgan fingerprint density at radius 1 is 1.13 bits per heavy atom. The predicted octanol–water partition coefficient (Wildman–Crippen LogP) is 3.52. The van der Waals surface area contributed by atoms with Crippen molar-refractivity contribution in [3.63, 3.8) is 0 Å². The van der Waals surface area contributed by atoms with Crippen LogP contribution >= 0.6 is 0 Å². The van der Waals surface area contributed by atoms with Gasteiger partial charge in [-0.15, -0.1) is 5.10 Å². The zero-order valence-corrected chi connectivity index (χ0v) is 14.6. The SMILES string of the molecule is CCCCN(C)c1nncc(N(Cc2ccccc2)C(C)C)n1. The van der Waals surface area contributed by atoms with Crippen LogP contribution in [0.2, 0.25) is 0 Å². The molecule has 0 amide bonds. The van der Waals surface area contributed by atoms with Gasteiger partial charge in [-0.3, -0.25) is 0 Å². The lowest BCUT2D eigenvalue weighted by atomic mass is 10.2.